The molecule has 0 fully saturated rings. The van der Waals surface area contributed by atoms with Crippen molar-refractivity contribution < 1.29 is 4.39 Å². The second-order valence-corrected chi connectivity index (χ2v) is 5.43. The Morgan fingerprint density at radius 2 is 1.89 bits per heavy atom. The Bertz CT molecular complexity index is 558. The summed E-state index contributed by atoms with van der Waals surface area (Å²) in [5.41, 5.74) is 8.01. The van der Waals surface area contributed by atoms with Crippen molar-refractivity contribution in [3.63, 3.8) is 0 Å². The van der Waals surface area contributed by atoms with Crippen LogP contribution in [0.3, 0.4) is 0 Å². The molecule has 0 unspecified atom stereocenters. The first-order chi connectivity index (χ1) is 8.56. The van der Waals surface area contributed by atoms with Crippen molar-refractivity contribution in [2.75, 3.05) is 11.1 Å². The summed E-state index contributed by atoms with van der Waals surface area (Å²) in [6, 6.07) is 10.5. The Balaban J connectivity index is 2.10. The molecule has 0 radical (unpaired) electrons. The molecule has 18 heavy (non-hydrogen) atoms. The summed E-state index contributed by atoms with van der Waals surface area (Å²) in [4.78, 5) is 0. The lowest BCUT2D eigenvalue weighted by molar-refractivity contribution is 0.621. The second kappa shape index (κ2) is 5.75. The van der Waals surface area contributed by atoms with Crippen LogP contribution < -0.4 is 11.1 Å². The van der Waals surface area contributed by atoms with Crippen molar-refractivity contribution in [2.24, 2.45) is 0 Å². The molecular weight excluding hydrogens is 366 g/mol. The smallest absolute Gasteiger partial charge is 0.138 e. The summed E-state index contributed by atoms with van der Waals surface area (Å²) in [5, 5.41) is 3.80. The average Bonchev–Trinajstić information content (AvgIpc) is 2.34. The zero-order valence-electron chi connectivity index (χ0n) is 9.38. The summed E-state index contributed by atoms with van der Waals surface area (Å²) in [6.45, 7) is 0.571. The summed E-state index contributed by atoms with van der Waals surface area (Å²) in [5.74, 6) is -0.275. The van der Waals surface area contributed by atoms with Crippen molar-refractivity contribution in [1.29, 1.82) is 0 Å². The first-order valence-electron chi connectivity index (χ1n) is 5.29. The number of hydrogen-bond acceptors (Lipinski definition) is 2. The largest absolute Gasteiger partial charge is 0.397 e. The van der Waals surface area contributed by atoms with E-state index < -0.39 is 0 Å². The fourth-order valence-electron chi connectivity index (χ4n) is 1.51. The molecule has 2 nitrogen and oxygen atoms in total. The molecule has 0 atom stereocenters. The quantitative estimate of drug-likeness (QED) is 0.620. The van der Waals surface area contributed by atoms with Crippen LogP contribution in [0, 0.1) is 9.39 Å². The SMILES string of the molecule is Nc1cc(I)c(F)cc1NCc1ccc(Cl)cc1. The molecule has 0 saturated heterocycles. The Hall–Kier alpha value is -1.01. The van der Waals surface area contributed by atoms with E-state index in [1.54, 1.807) is 6.07 Å². The highest BCUT2D eigenvalue weighted by Gasteiger charge is 2.05. The van der Waals surface area contributed by atoms with E-state index in [1.807, 2.05) is 46.9 Å². The van der Waals surface area contributed by atoms with E-state index in [0.29, 0.717) is 26.5 Å². The number of benzene rings is 2. The molecule has 0 aliphatic carbocycles. The molecule has 2 aromatic carbocycles. The molecule has 0 spiro atoms. The van der Waals surface area contributed by atoms with Crippen LogP contribution in [-0.4, -0.2) is 0 Å². The second-order valence-electron chi connectivity index (χ2n) is 3.83. The topological polar surface area (TPSA) is 38.0 Å². The zero-order chi connectivity index (χ0) is 13.1. The van der Waals surface area contributed by atoms with Crippen LogP contribution in [0.15, 0.2) is 36.4 Å². The lowest BCUT2D eigenvalue weighted by Gasteiger charge is -2.10. The number of hydrogen-bond donors (Lipinski definition) is 2. The van der Waals surface area contributed by atoms with Gasteiger partial charge in [0, 0.05) is 17.6 Å². The highest BCUT2D eigenvalue weighted by atomic mass is 127. The van der Waals surface area contributed by atoms with Gasteiger partial charge in [-0.3, -0.25) is 0 Å². The van der Waals surface area contributed by atoms with Gasteiger partial charge < -0.3 is 11.1 Å². The minimum atomic E-state index is -0.275. The van der Waals surface area contributed by atoms with E-state index >= 15 is 0 Å². The monoisotopic (exact) mass is 376 g/mol. The number of anilines is 2. The van der Waals surface area contributed by atoms with E-state index in [2.05, 4.69) is 5.32 Å². The van der Waals surface area contributed by atoms with Gasteiger partial charge in [0.2, 0.25) is 0 Å². The van der Waals surface area contributed by atoms with Crippen molar-refractivity contribution in [1.82, 2.24) is 0 Å². The van der Waals surface area contributed by atoms with E-state index in [0.717, 1.165) is 5.56 Å². The van der Waals surface area contributed by atoms with Crippen molar-refractivity contribution in [3.8, 4) is 0 Å². The average molecular weight is 377 g/mol. The van der Waals surface area contributed by atoms with E-state index in [-0.39, 0.29) is 5.82 Å². The number of rotatable bonds is 3. The molecule has 2 aromatic rings. The fraction of sp³-hybridized carbons (Fsp3) is 0.0769. The standard InChI is InChI=1S/C13H11ClFIN2/c14-9-3-1-8(2-4-9)7-18-13-5-10(15)11(16)6-12(13)17/h1-6,18H,7,17H2. The maximum atomic E-state index is 13.4. The van der Waals surface area contributed by atoms with Crippen LogP contribution in [-0.2, 0) is 6.54 Å². The molecule has 0 aliphatic rings. The van der Waals surface area contributed by atoms with Gasteiger partial charge in [-0.1, -0.05) is 23.7 Å². The summed E-state index contributed by atoms with van der Waals surface area (Å²) >= 11 is 7.71. The van der Waals surface area contributed by atoms with Gasteiger partial charge in [0.05, 0.1) is 14.9 Å². The highest BCUT2D eigenvalue weighted by molar-refractivity contribution is 14.1. The molecule has 0 heterocycles. The normalized spacial score (nSPS) is 10.4. The lowest BCUT2D eigenvalue weighted by Crippen LogP contribution is -2.03. The third kappa shape index (κ3) is 3.26. The molecular formula is C13H11ClFIN2. The Morgan fingerprint density at radius 1 is 1.22 bits per heavy atom. The lowest BCUT2D eigenvalue weighted by atomic mass is 10.2. The van der Waals surface area contributed by atoms with Gasteiger partial charge in [0.25, 0.3) is 0 Å². The van der Waals surface area contributed by atoms with Crippen LogP contribution in [0.4, 0.5) is 15.8 Å². The Kier molecular flexibility index (Phi) is 4.29. The van der Waals surface area contributed by atoms with Gasteiger partial charge in [-0.25, -0.2) is 4.39 Å². The first kappa shape index (κ1) is 13.4. The van der Waals surface area contributed by atoms with Crippen LogP contribution >= 0.6 is 34.2 Å². The van der Waals surface area contributed by atoms with Gasteiger partial charge in [-0.05, 0) is 46.4 Å². The number of nitrogens with two attached hydrogens (primary N) is 1. The van der Waals surface area contributed by atoms with E-state index in [1.165, 1.54) is 6.07 Å². The molecule has 3 N–H and O–H groups in total. The number of nitrogens with one attached hydrogen (secondary N) is 1. The Labute approximate surface area is 123 Å². The molecule has 0 bridgehead atoms. The van der Waals surface area contributed by atoms with E-state index in [4.69, 9.17) is 17.3 Å². The molecule has 0 aliphatic heterocycles. The third-order valence-electron chi connectivity index (χ3n) is 2.49. The van der Waals surface area contributed by atoms with Crippen LogP contribution in [0.1, 0.15) is 5.56 Å². The number of halogens is 3. The maximum absolute atomic E-state index is 13.4. The third-order valence-corrected chi connectivity index (χ3v) is 3.57. The minimum absolute atomic E-state index is 0.275. The minimum Gasteiger partial charge on any atom is -0.397 e. The Morgan fingerprint density at radius 3 is 2.56 bits per heavy atom. The molecule has 2 rings (SSSR count). The van der Waals surface area contributed by atoms with Crippen molar-refractivity contribution in [3.05, 3.63) is 56.4 Å². The van der Waals surface area contributed by atoms with Gasteiger partial charge in [-0.15, -0.1) is 0 Å². The van der Waals surface area contributed by atoms with Crippen molar-refractivity contribution >= 4 is 45.6 Å². The molecule has 0 aromatic heterocycles. The predicted octanol–water partition coefficient (Wildman–Crippen LogP) is 4.28. The summed E-state index contributed by atoms with van der Waals surface area (Å²) in [6.07, 6.45) is 0. The molecule has 94 valence electrons. The molecule has 0 saturated carbocycles. The maximum Gasteiger partial charge on any atom is 0.138 e. The molecule has 0 amide bonds. The summed E-state index contributed by atoms with van der Waals surface area (Å²) < 4.78 is 13.9. The predicted molar refractivity (Wildman–Crippen MR) is 82.3 cm³/mol. The van der Waals surface area contributed by atoms with Crippen LogP contribution in [0.2, 0.25) is 5.02 Å². The first-order valence-corrected chi connectivity index (χ1v) is 6.75. The van der Waals surface area contributed by atoms with Gasteiger partial charge >= 0.3 is 0 Å². The van der Waals surface area contributed by atoms with E-state index in [9.17, 15) is 4.39 Å². The fourth-order valence-corrected chi connectivity index (χ4v) is 2.13. The van der Waals surface area contributed by atoms with Gasteiger partial charge in [0.15, 0.2) is 0 Å². The van der Waals surface area contributed by atoms with Crippen molar-refractivity contribution in [2.45, 2.75) is 6.54 Å². The van der Waals surface area contributed by atoms with Gasteiger partial charge in [-0.2, -0.15) is 0 Å². The van der Waals surface area contributed by atoms with Gasteiger partial charge in [0.1, 0.15) is 5.82 Å². The van der Waals surface area contributed by atoms with Crippen LogP contribution in [0.25, 0.3) is 0 Å². The molecule has 5 heteroatoms. The van der Waals surface area contributed by atoms with Crippen LogP contribution in [0.5, 0.6) is 0 Å². The zero-order valence-corrected chi connectivity index (χ0v) is 12.3. The highest BCUT2D eigenvalue weighted by Crippen LogP contribution is 2.24. The summed E-state index contributed by atoms with van der Waals surface area (Å²) in [7, 11) is 0. The number of nitrogen functional groups attached to an aromatic ring is 1.